The zero-order valence-corrected chi connectivity index (χ0v) is 17.8. The van der Waals surface area contributed by atoms with Gasteiger partial charge in [0.2, 0.25) is 0 Å². The summed E-state index contributed by atoms with van der Waals surface area (Å²) >= 11 is 0. The van der Waals surface area contributed by atoms with Gasteiger partial charge in [-0.15, -0.1) is 0 Å². The molecular formula is C21H21F3N4O3S. The van der Waals surface area contributed by atoms with Crippen molar-refractivity contribution >= 4 is 22.1 Å². The van der Waals surface area contributed by atoms with Crippen molar-refractivity contribution in [2.45, 2.75) is 36.4 Å². The molecule has 0 saturated carbocycles. The van der Waals surface area contributed by atoms with E-state index in [2.05, 4.69) is 10.3 Å². The van der Waals surface area contributed by atoms with E-state index in [9.17, 15) is 27.1 Å². The van der Waals surface area contributed by atoms with Crippen molar-refractivity contribution in [2.75, 3.05) is 11.6 Å². The van der Waals surface area contributed by atoms with Gasteiger partial charge in [-0.3, -0.25) is 18.9 Å². The zero-order chi connectivity index (χ0) is 23.7. The number of allylic oxidation sites excluding steroid dienone is 1. The smallest absolute Gasteiger partial charge is 0.358 e. The number of hydrogen-bond acceptors (Lipinski definition) is 7. The topological polar surface area (TPSA) is 132 Å². The van der Waals surface area contributed by atoms with Gasteiger partial charge in [-0.25, -0.2) is 0 Å². The van der Waals surface area contributed by atoms with E-state index in [-0.39, 0.29) is 39.5 Å². The summed E-state index contributed by atoms with van der Waals surface area (Å²) in [5.74, 6) is -0.292. The first-order valence-electron chi connectivity index (χ1n) is 9.51. The van der Waals surface area contributed by atoms with E-state index >= 15 is 0 Å². The number of carbonyl (C=O) groups is 1. The molecule has 0 amide bonds. The van der Waals surface area contributed by atoms with Crippen LogP contribution >= 0.6 is 10.6 Å². The molecular weight excluding hydrogens is 445 g/mol. The fourth-order valence-electron chi connectivity index (χ4n) is 3.54. The summed E-state index contributed by atoms with van der Waals surface area (Å²) in [5, 5.41) is 12.0. The number of nitrogens with one attached hydrogen (secondary N) is 1. The van der Waals surface area contributed by atoms with E-state index in [1.165, 1.54) is 30.5 Å². The van der Waals surface area contributed by atoms with Crippen molar-refractivity contribution in [2.24, 2.45) is 5.73 Å². The summed E-state index contributed by atoms with van der Waals surface area (Å²) < 4.78 is 59.5. The van der Waals surface area contributed by atoms with Crippen molar-refractivity contribution in [3.8, 4) is 6.07 Å². The third kappa shape index (κ3) is 5.11. The minimum Gasteiger partial charge on any atom is -0.358 e. The number of rotatable bonds is 5. The Morgan fingerprint density at radius 2 is 1.97 bits per heavy atom. The summed E-state index contributed by atoms with van der Waals surface area (Å²) in [6.07, 6.45) is -1.37. The van der Waals surface area contributed by atoms with Gasteiger partial charge in [0.05, 0.1) is 22.6 Å². The number of nitrogens with zero attached hydrogens (tertiary/aromatic N) is 2. The van der Waals surface area contributed by atoms with Crippen LogP contribution in [0.15, 0.2) is 52.7 Å². The molecule has 2 aromatic rings. The molecule has 1 unspecified atom stereocenters. The standard InChI is InChI=1S/C21H21F3N4O3S/c1-32(30,31)17-9-12(11-25)5-6-14(17)20(26)19-15(3-2-4-16(19)29)28-13-7-8-27-18(10-13)21(22,23)24/h5-10,20,30-31H,2-4,26H2,1H3,(H,27,28). The second-order valence-electron chi connectivity index (χ2n) is 7.40. The molecule has 5 N–H and O–H groups in total. The lowest BCUT2D eigenvalue weighted by atomic mass is 9.86. The minimum atomic E-state index is -4.62. The van der Waals surface area contributed by atoms with Crippen LogP contribution in [0.4, 0.5) is 18.9 Å². The molecule has 0 spiro atoms. The Bertz CT molecular complexity index is 1120. The van der Waals surface area contributed by atoms with E-state index in [0.717, 1.165) is 12.3 Å². The highest BCUT2D eigenvalue weighted by molar-refractivity contribution is 8.23. The van der Waals surface area contributed by atoms with Crippen LogP contribution in [0.1, 0.15) is 42.1 Å². The van der Waals surface area contributed by atoms with Crippen LogP contribution in [0.2, 0.25) is 0 Å². The highest BCUT2D eigenvalue weighted by Gasteiger charge is 2.33. The molecule has 3 rings (SSSR count). The molecule has 0 radical (unpaired) electrons. The lowest BCUT2D eigenvalue weighted by Crippen LogP contribution is -2.27. The number of ketones is 1. The van der Waals surface area contributed by atoms with Crippen molar-refractivity contribution in [3.63, 3.8) is 0 Å². The third-order valence-corrected chi connectivity index (χ3v) is 6.19. The maximum Gasteiger partial charge on any atom is 0.433 e. The quantitative estimate of drug-likeness (QED) is 0.496. The molecule has 0 fully saturated rings. The van der Waals surface area contributed by atoms with Crippen LogP contribution < -0.4 is 11.1 Å². The van der Waals surface area contributed by atoms with E-state index in [1.807, 2.05) is 6.07 Å². The predicted molar refractivity (Wildman–Crippen MR) is 114 cm³/mol. The molecule has 170 valence electrons. The molecule has 32 heavy (non-hydrogen) atoms. The Balaban J connectivity index is 2.08. The lowest BCUT2D eigenvalue weighted by molar-refractivity contribution is -0.141. The number of aromatic nitrogens is 1. The second kappa shape index (κ2) is 8.91. The number of alkyl halides is 3. The summed E-state index contributed by atoms with van der Waals surface area (Å²) in [4.78, 5) is 16.1. The largest absolute Gasteiger partial charge is 0.433 e. The molecule has 1 aromatic heterocycles. The molecule has 0 bridgehead atoms. The van der Waals surface area contributed by atoms with Gasteiger partial charge in [-0.05, 0) is 42.7 Å². The fourth-order valence-corrected chi connectivity index (χ4v) is 4.53. The average molecular weight is 466 g/mol. The van der Waals surface area contributed by atoms with Crippen LogP contribution in [0.3, 0.4) is 0 Å². The first kappa shape index (κ1) is 23.7. The zero-order valence-electron chi connectivity index (χ0n) is 17.0. The number of benzene rings is 1. The maximum absolute atomic E-state index is 13.0. The second-order valence-corrected chi connectivity index (χ2v) is 9.50. The van der Waals surface area contributed by atoms with Crippen molar-refractivity contribution in [1.82, 2.24) is 4.98 Å². The maximum atomic E-state index is 13.0. The van der Waals surface area contributed by atoms with Gasteiger partial charge in [-0.1, -0.05) is 6.07 Å². The highest BCUT2D eigenvalue weighted by atomic mass is 32.3. The number of anilines is 1. The van der Waals surface area contributed by atoms with Crippen molar-refractivity contribution in [3.05, 3.63) is 64.6 Å². The van der Waals surface area contributed by atoms with Gasteiger partial charge < -0.3 is 11.1 Å². The van der Waals surface area contributed by atoms with Crippen LogP contribution in [0.5, 0.6) is 0 Å². The van der Waals surface area contributed by atoms with Crippen LogP contribution in [0.25, 0.3) is 0 Å². The van der Waals surface area contributed by atoms with E-state index in [1.54, 1.807) is 0 Å². The van der Waals surface area contributed by atoms with Crippen molar-refractivity contribution < 1.29 is 27.1 Å². The van der Waals surface area contributed by atoms with Crippen LogP contribution in [-0.4, -0.2) is 26.1 Å². The first-order chi connectivity index (χ1) is 14.9. The van der Waals surface area contributed by atoms with E-state index < -0.39 is 28.5 Å². The molecule has 1 aliphatic carbocycles. The normalized spacial score (nSPS) is 16.5. The van der Waals surface area contributed by atoms with Gasteiger partial charge >= 0.3 is 6.18 Å². The van der Waals surface area contributed by atoms with Gasteiger partial charge in [0.1, 0.15) is 5.69 Å². The Hall–Kier alpha value is -2.91. The Labute approximate surface area is 184 Å². The molecule has 1 atom stereocenters. The third-order valence-electron chi connectivity index (χ3n) is 5.01. The number of nitrogens with two attached hydrogens (primary N) is 1. The van der Waals surface area contributed by atoms with Gasteiger partial charge in [0.15, 0.2) is 5.78 Å². The lowest BCUT2D eigenvalue weighted by Gasteiger charge is -2.33. The summed E-state index contributed by atoms with van der Waals surface area (Å²) in [6, 6.07) is 7.23. The SMILES string of the molecule is CS(O)(O)c1cc(C#N)ccc1C(N)C1=C(Nc2ccnc(C(F)(F)F)c2)CCCC1=O. The summed E-state index contributed by atoms with van der Waals surface area (Å²) in [7, 11) is -3.28. The monoisotopic (exact) mass is 466 g/mol. The highest BCUT2D eigenvalue weighted by Crippen LogP contribution is 2.49. The van der Waals surface area contributed by atoms with Crippen molar-refractivity contribution in [1.29, 1.82) is 5.26 Å². The van der Waals surface area contributed by atoms with Gasteiger partial charge in [0.25, 0.3) is 0 Å². The molecule has 7 nitrogen and oxygen atoms in total. The number of carbonyl (C=O) groups excluding carboxylic acids is 1. The summed E-state index contributed by atoms with van der Waals surface area (Å²) in [6.45, 7) is 0. The van der Waals surface area contributed by atoms with E-state index in [0.29, 0.717) is 18.5 Å². The van der Waals surface area contributed by atoms with Gasteiger partial charge in [0, 0.05) is 35.8 Å². The molecule has 11 heteroatoms. The Kier molecular flexibility index (Phi) is 6.61. The molecule has 0 aliphatic heterocycles. The summed E-state index contributed by atoms with van der Waals surface area (Å²) in [5.41, 5.74) is 6.36. The minimum absolute atomic E-state index is 0.0394. The first-order valence-corrected chi connectivity index (χ1v) is 11.5. The molecule has 1 aromatic carbocycles. The number of pyridine rings is 1. The number of Topliss-reactive ketones (excluding diaryl/α,β-unsaturated/α-hetero) is 1. The van der Waals surface area contributed by atoms with Crippen LogP contribution in [0, 0.1) is 11.3 Å². The predicted octanol–water partition coefficient (Wildman–Crippen LogP) is 4.83. The number of nitriles is 1. The number of hydrogen-bond donors (Lipinski definition) is 4. The Morgan fingerprint density at radius 3 is 2.59 bits per heavy atom. The fraction of sp³-hybridized carbons (Fsp3) is 0.286. The van der Waals surface area contributed by atoms with E-state index in [4.69, 9.17) is 11.0 Å². The van der Waals surface area contributed by atoms with Crippen LogP contribution in [-0.2, 0) is 11.0 Å². The van der Waals surface area contributed by atoms with Gasteiger partial charge in [-0.2, -0.15) is 29.0 Å². The Morgan fingerprint density at radius 1 is 1.25 bits per heavy atom. The average Bonchev–Trinajstić information content (AvgIpc) is 2.72. The molecule has 1 heterocycles. The number of halogens is 3. The molecule has 0 saturated heterocycles. The molecule has 1 aliphatic rings.